The van der Waals surface area contributed by atoms with Gasteiger partial charge in [-0.1, -0.05) is 52.9 Å². The molecule has 0 radical (unpaired) electrons. The zero-order valence-electron chi connectivity index (χ0n) is 12.5. The van der Waals surface area contributed by atoms with Crippen LogP contribution in [0.15, 0.2) is 0 Å². The van der Waals surface area contributed by atoms with Crippen LogP contribution in [0, 0.1) is 29.1 Å². The minimum Gasteiger partial charge on any atom is -0.380 e. The Morgan fingerprint density at radius 2 is 1.78 bits per heavy atom. The molecule has 2 nitrogen and oxygen atoms in total. The van der Waals surface area contributed by atoms with E-state index in [9.17, 15) is 10.2 Å². The molecule has 0 aromatic carbocycles. The molecule has 1 fully saturated rings. The van der Waals surface area contributed by atoms with E-state index >= 15 is 0 Å². The SMILES string of the molecule is CCCC(O)C#CC1(O)C(C)CCC(C)C1(C)C. The first-order valence-electron chi connectivity index (χ1n) is 7.18. The molecule has 4 unspecified atom stereocenters. The average molecular weight is 252 g/mol. The summed E-state index contributed by atoms with van der Waals surface area (Å²) in [6.45, 7) is 10.5. The minimum atomic E-state index is -0.987. The van der Waals surface area contributed by atoms with Gasteiger partial charge < -0.3 is 10.2 Å². The summed E-state index contributed by atoms with van der Waals surface area (Å²) < 4.78 is 0. The highest BCUT2D eigenvalue weighted by molar-refractivity contribution is 5.24. The third-order valence-corrected chi connectivity index (χ3v) is 4.95. The van der Waals surface area contributed by atoms with Gasteiger partial charge in [-0.05, 0) is 31.1 Å². The molecular formula is C16H28O2. The highest BCUT2D eigenvalue weighted by Gasteiger charge is 2.52. The fraction of sp³-hybridized carbons (Fsp3) is 0.875. The van der Waals surface area contributed by atoms with Gasteiger partial charge in [-0.2, -0.15) is 0 Å². The van der Waals surface area contributed by atoms with Crippen molar-refractivity contribution in [3.8, 4) is 11.8 Å². The summed E-state index contributed by atoms with van der Waals surface area (Å²) in [4.78, 5) is 0. The van der Waals surface area contributed by atoms with E-state index in [2.05, 4.69) is 39.5 Å². The molecule has 1 saturated carbocycles. The number of hydrogen-bond acceptors (Lipinski definition) is 2. The zero-order chi connectivity index (χ0) is 14.0. The van der Waals surface area contributed by atoms with Gasteiger partial charge in [-0.15, -0.1) is 0 Å². The standard InChI is InChI=1S/C16H28O2/c1-6-7-14(17)10-11-16(18)13(3)9-8-12(2)15(16,4)5/h12-14,17-18H,6-9H2,1-5H3. The molecule has 2 N–H and O–H groups in total. The molecular weight excluding hydrogens is 224 g/mol. The lowest BCUT2D eigenvalue weighted by Gasteiger charge is -2.51. The maximum absolute atomic E-state index is 11.0. The first-order chi connectivity index (χ1) is 8.25. The lowest BCUT2D eigenvalue weighted by molar-refractivity contribution is -0.114. The van der Waals surface area contributed by atoms with Crippen LogP contribution in [0.5, 0.6) is 0 Å². The Kier molecular flexibility index (Phi) is 4.86. The Labute approximate surface area is 112 Å². The van der Waals surface area contributed by atoms with Crippen molar-refractivity contribution in [2.45, 2.75) is 72.0 Å². The highest BCUT2D eigenvalue weighted by atomic mass is 16.3. The fourth-order valence-corrected chi connectivity index (χ4v) is 2.90. The van der Waals surface area contributed by atoms with Gasteiger partial charge in [0.25, 0.3) is 0 Å². The van der Waals surface area contributed by atoms with Crippen LogP contribution in [0.2, 0.25) is 0 Å². The second-order valence-electron chi connectivity index (χ2n) is 6.44. The monoisotopic (exact) mass is 252 g/mol. The summed E-state index contributed by atoms with van der Waals surface area (Å²) >= 11 is 0. The lowest BCUT2D eigenvalue weighted by Crippen LogP contribution is -2.55. The maximum Gasteiger partial charge on any atom is 0.133 e. The van der Waals surface area contributed by atoms with E-state index in [-0.39, 0.29) is 11.3 Å². The van der Waals surface area contributed by atoms with E-state index in [1.165, 1.54) is 0 Å². The number of aliphatic hydroxyl groups excluding tert-OH is 1. The first-order valence-corrected chi connectivity index (χ1v) is 7.18. The summed E-state index contributed by atoms with van der Waals surface area (Å²) in [5.41, 5.74) is -1.22. The molecule has 4 atom stereocenters. The Morgan fingerprint density at radius 1 is 1.22 bits per heavy atom. The highest BCUT2D eigenvalue weighted by Crippen LogP contribution is 2.50. The van der Waals surface area contributed by atoms with Crippen molar-refractivity contribution < 1.29 is 10.2 Å². The van der Waals surface area contributed by atoms with Gasteiger partial charge in [0, 0.05) is 5.41 Å². The van der Waals surface area contributed by atoms with Crippen LogP contribution in [-0.2, 0) is 0 Å². The zero-order valence-corrected chi connectivity index (χ0v) is 12.5. The molecule has 18 heavy (non-hydrogen) atoms. The summed E-state index contributed by atoms with van der Waals surface area (Å²) in [6.07, 6.45) is 3.10. The fourth-order valence-electron chi connectivity index (χ4n) is 2.90. The molecule has 0 aromatic rings. The van der Waals surface area contributed by atoms with Crippen molar-refractivity contribution in [1.82, 2.24) is 0 Å². The number of aliphatic hydroxyl groups is 2. The van der Waals surface area contributed by atoms with Crippen LogP contribution in [0.4, 0.5) is 0 Å². The van der Waals surface area contributed by atoms with E-state index in [4.69, 9.17) is 0 Å². The number of hydrogen-bond donors (Lipinski definition) is 2. The molecule has 104 valence electrons. The lowest BCUT2D eigenvalue weighted by atomic mass is 9.56. The van der Waals surface area contributed by atoms with Gasteiger partial charge in [0.05, 0.1) is 0 Å². The third kappa shape index (κ3) is 2.73. The summed E-state index contributed by atoms with van der Waals surface area (Å²) in [7, 11) is 0. The predicted molar refractivity (Wildman–Crippen MR) is 75.0 cm³/mol. The van der Waals surface area contributed by atoms with Gasteiger partial charge in [0.2, 0.25) is 0 Å². The molecule has 1 rings (SSSR count). The van der Waals surface area contributed by atoms with Gasteiger partial charge in [0.1, 0.15) is 11.7 Å². The van der Waals surface area contributed by atoms with Gasteiger partial charge in [0.15, 0.2) is 0 Å². The Morgan fingerprint density at radius 3 is 2.33 bits per heavy atom. The molecule has 0 bridgehead atoms. The Hall–Kier alpha value is -0.520. The predicted octanol–water partition coefficient (Wildman–Crippen LogP) is 2.97. The van der Waals surface area contributed by atoms with Crippen molar-refractivity contribution in [2.75, 3.05) is 0 Å². The number of rotatable bonds is 2. The van der Waals surface area contributed by atoms with Crippen LogP contribution in [0.3, 0.4) is 0 Å². The van der Waals surface area contributed by atoms with E-state index in [0.29, 0.717) is 12.3 Å². The summed E-state index contributed by atoms with van der Waals surface area (Å²) in [6, 6.07) is 0. The van der Waals surface area contributed by atoms with Crippen molar-refractivity contribution in [3.05, 3.63) is 0 Å². The second-order valence-corrected chi connectivity index (χ2v) is 6.44. The van der Waals surface area contributed by atoms with Gasteiger partial charge in [-0.25, -0.2) is 0 Å². The topological polar surface area (TPSA) is 40.5 Å². The van der Waals surface area contributed by atoms with E-state index in [0.717, 1.165) is 19.3 Å². The minimum absolute atomic E-state index is 0.157. The maximum atomic E-state index is 11.0. The van der Waals surface area contributed by atoms with Gasteiger partial charge >= 0.3 is 0 Å². The van der Waals surface area contributed by atoms with E-state index in [1.54, 1.807) is 0 Å². The molecule has 2 heteroatoms. The smallest absolute Gasteiger partial charge is 0.133 e. The summed E-state index contributed by atoms with van der Waals surface area (Å²) in [5.74, 6) is 6.46. The van der Waals surface area contributed by atoms with E-state index in [1.807, 2.05) is 6.92 Å². The van der Waals surface area contributed by atoms with Gasteiger partial charge in [-0.3, -0.25) is 0 Å². The van der Waals surface area contributed by atoms with E-state index < -0.39 is 11.7 Å². The third-order valence-electron chi connectivity index (χ3n) is 4.95. The normalized spacial score (nSPS) is 36.6. The molecule has 0 aliphatic heterocycles. The molecule has 0 aromatic heterocycles. The molecule has 0 spiro atoms. The first kappa shape index (κ1) is 15.5. The van der Waals surface area contributed by atoms with Crippen LogP contribution in [0.25, 0.3) is 0 Å². The molecule has 0 heterocycles. The molecule has 0 saturated heterocycles. The van der Waals surface area contributed by atoms with Crippen LogP contribution >= 0.6 is 0 Å². The van der Waals surface area contributed by atoms with Crippen LogP contribution < -0.4 is 0 Å². The molecule has 0 amide bonds. The van der Waals surface area contributed by atoms with Crippen LogP contribution in [0.1, 0.15) is 60.3 Å². The summed E-state index contributed by atoms with van der Waals surface area (Å²) in [5, 5.41) is 20.7. The largest absolute Gasteiger partial charge is 0.380 e. The van der Waals surface area contributed by atoms with Crippen molar-refractivity contribution in [3.63, 3.8) is 0 Å². The average Bonchev–Trinajstić information content (AvgIpc) is 2.30. The van der Waals surface area contributed by atoms with Crippen LogP contribution in [-0.4, -0.2) is 21.9 Å². The van der Waals surface area contributed by atoms with Crippen molar-refractivity contribution in [2.24, 2.45) is 17.3 Å². The Bertz CT molecular complexity index is 337. The van der Waals surface area contributed by atoms with Crippen molar-refractivity contribution in [1.29, 1.82) is 0 Å². The molecule has 1 aliphatic carbocycles. The second kappa shape index (κ2) is 5.63. The molecule has 1 aliphatic rings. The quantitative estimate of drug-likeness (QED) is 0.742. The Balaban J connectivity index is 2.99. The van der Waals surface area contributed by atoms with Crippen molar-refractivity contribution >= 4 is 0 Å².